The minimum atomic E-state index is -0.106. The van der Waals surface area contributed by atoms with E-state index in [9.17, 15) is 9.70 Å². The van der Waals surface area contributed by atoms with E-state index in [2.05, 4.69) is 10.5 Å². The first-order valence-corrected chi connectivity index (χ1v) is 5.73. The molecule has 2 aliphatic carbocycles. The molecule has 0 heterocycles. The third-order valence-electron chi connectivity index (χ3n) is 4.07. The van der Waals surface area contributed by atoms with Crippen molar-refractivity contribution < 1.29 is 4.79 Å². The van der Waals surface area contributed by atoms with Crippen molar-refractivity contribution in [3.8, 4) is 0 Å². The van der Waals surface area contributed by atoms with Crippen LogP contribution in [-0.4, -0.2) is 24.2 Å². The molecule has 0 aromatic heterocycles. The fourth-order valence-corrected chi connectivity index (χ4v) is 3.29. The molecule has 1 amide bonds. The van der Waals surface area contributed by atoms with E-state index in [-0.39, 0.29) is 23.3 Å². The average molecular weight is 223 g/mol. The topological polar surface area (TPSA) is 82.4 Å². The Hall–Kier alpha value is -1.26. The number of fused-ring (bicyclic) bond motifs is 2. The molecule has 0 radical (unpaired) electrons. The van der Waals surface area contributed by atoms with Crippen LogP contribution in [0.2, 0.25) is 0 Å². The minimum Gasteiger partial charge on any atom is -0.350 e. The Morgan fingerprint density at radius 2 is 2.06 bits per heavy atom. The smallest absolute Gasteiger partial charge is 0.225 e. The lowest BCUT2D eigenvalue weighted by Gasteiger charge is -2.28. The zero-order valence-electron chi connectivity index (χ0n) is 9.29. The lowest BCUT2D eigenvalue weighted by atomic mass is 9.84. The van der Waals surface area contributed by atoms with Gasteiger partial charge < -0.3 is 10.7 Å². The molecule has 0 aliphatic heterocycles. The molecule has 0 saturated heterocycles. The van der Waals surface area contributed by atoms with E-state index in [1.54, 1.807) is 0 Å². The first kappa shape index (κ1) is 11.2. The summed E-state index contributed by atoms with van der Waals surface area (Å²) in [7, 11) is 0. The molecule has 2 rings (SSSR count). The van der Waals surface area contributed by atoms with Gasteiger partial charge in [-0.1, -0.05) is 5.18 Å². The van der Waals surface area contributed by atoms with Crippen molar-refractivity contribution in [2.45, 2.75) is 44.1 Å². The van der Waals surface area contributed by atoms with Crippen LogP contribution in [0.15, 0.2) is 5.18 Å². The summed E-state index contributed by atoms with van der Waals surface area (Å²) >= 11 is 0. The van der Waals surface area contributed by atoms with Crippen LogP contribution >= 0.6 is 0 Å². The Morgan fingerprint density at radius 1 is 1.38 bits per heavy atom. The van der Waals surface area contributed by atoms with Gasteiger partial charge >= 0.3 is 0 Å². The molecule has 5 heteroatoms. The van der Waals surface area contributed by atoms with Gasteiger partial charge in [0.25, 0.3) is 0 Å². The Balaban J connectivity index is 1.99. The van der Waals surface area contributed by atoms with Gasteiger partial charge in [-0.2, -0.15) is 4.91 Å². The Bertz CT molecular complexity index is 319. The van der Waals surface area contributed by atoms with E-state index in [1.165, 1.54) is 0 Å². The molecule has 88 valence electrons. The summed E-state index contributed by atoms with van der Waals surface area (Å²) in [6.07, 6.45) is 6.04. The van der Waals surface area contributed by atoms with Crippen LogP contribution < -0.4 is 5.32 Å². The molecular weight excluding hydrogens is 206 g/mol. The van der Waals surface area contributed by atoms with Crippen LogP contribution in [0.25, 0.3) is 0 Å². The Labute approximate surface area is 94.5 Å². The van der Waals surface area contributed by atoms with Crippen LogP contribution in [0.1, 0.15) is 38.5 Å². The second kappa shape index (κ2) is 3.96. The van der Waals surface area contributed by atoms with Crippen LogP contribution in [0, 0.1) is 15.7 Å². The summed E-state index contributed by atoms with van der Waals surface area (Å²) in [6.45, 7) is 0.384. The van der Waals surface area contributed by atoms with Gasteiger partial charge in [-0.3, -0.25) is 4.79 Å². The number of carbonyl (C=O) groups excluding carboxylic acids is 1. The first-order chi connectivity index (χ1) is 7.64. The highest BCUT2D eigenvalue weighted by atomic mass is 16.3. The number of amides is 1. The SMILES string of the molecule is N=CCC(=O)NC12CCC(CN=O)(CC1)C2. The van der Waals surface area contributed by atoms with E-state index >= 15 is 0 Å². The Kier molecular flexibility index (Phi) is 2.78. The van der Waals surface area contributed by atoms with Gasteiger partial charge in [0.15, 0.2) is 0 Å². The molecule has 5 nitrogen and oxygen atoms in total. The number of nitrogens with one attached hydrogen (secondary N) is 2. The fourth-order valence-electron chi connectivity index (χ4n) is 3.29. The normalized spacial score (nSPS) is 36.0. The number of nitrogens with zero attached hydrogens (tertiary/aromatic N) is 1. The molecule has 2 N–H and O–H groups in total. The highest BCUT2D eigenvalue weighted by Crippen LogP contribution is 2.56. The minimum absolute atomic E-state index is 0.0553. The van der Waals surface area contributed by atoms with Crippen molar-refractivity contribution in [2.75, 3.05) is 6.54 Å². The molecule has 0 unspecified atom stereocenters. The van der Waals surface area contributed by atoms with E-state index < -0.39 is 0 Å². The van der Waals surface area contributed by atoms with Crippen molar-refractivity contribution in [2.24, 2.45) is 10.6 Å². The first-order valence-electron chi connectivity index (χ1n) is 5.73. The highest BCUT2D eigenvalue weighted by molar-refractivity contribution is 5.89. The lowest BCUT2D eigenvalue weighted by molar-refractivity contribution is -0.121. The van der Waals surface area contributed by atoms with Crippen molar-refractivity contribution >= 4 is 12.1 Å². The highest BCUT2D eigenvalue weighted by Gasteiger charge is 2.54. The van der Waals surface area contributed by atoms with E-state index in [4.69, 9.17) is 5.41 Å². The second-order valence-corrected chi connectivity index (χ2v) is 5.20. The van der Waals surface area contributed by atoms with Crippen LogP contribution in [-0.2, 0) is 4.79 Å². The van der Waals surface area contributed by atoms with Crippen molar-refractivity contribution in [1.82, 2.24) is 5.32 Å². The zero-order chi connectivity index (χ0) is 11.6. The summed E-state index contributed by atoms with van der Waals surface area (Å²) in [4.78, 5) is 21.9. The van der Waals surface area contributed by atoms with E-state index in [0.29, 0.717) is 6.54 Å². The number of rotatable bonds is 5. The van der Waals surface area contributed by atoms with Gasteiger partial charge in [0, 0.05) is 11.8 Å². The van der Waals surface area contributed by atoms with E-state index in [0.717, 1.165) is 38.3 Å². The number of carbonyl (C=O) groups is 1. The summed E-state index contributed by atoms with van der Waals surface area (Å²) < 4.78 is 0. The van der Waals surface area contributed by atoms with E-state index in [1.807, 2.05) is 0 Å². The summed E-state index contributed by atoms with van der Waals surface area (Å²) in [5, 5.41) is 13.0. The maximum absolute atomic E-state index is 11.5. The maximum Gasteiger partial charge on any atom is 0.225 e. The quantitative estimate of drug-likeness (QED) is 0.548. The molecule has 16 heavy (non-hydrogen) atoms. The molecule has 0 aromatic rings. The number of hydrogen-bond acceptors (Lipinski definition) is 4. The zero-order valence-corrected chi connectivity index (χ0v) is 9.29. The molecule has 2 bridgehead atoms. The number of hydrogen-bond donors (Lipinski definition) is 2. The number of nitroso groups, excluding NO2 is 1. The van der Waals surface area contributed by atoms with Gasteiger partial charge in [0.1, 0.15) is 0 Å². The van der Waals surface area contributed by atoms with Gasteiger partial charge in [0.2, 0.25) is 5.91 Å². The van der Waals surface area contributed by atoms with Crippen molar-refractivity contribution in [1.29, 1.82) is 5.41 Å². The van der Waals surface area contributed by atoms with Gasteiger partial charge in [-0.25, -0.2) is 0 Å². The van der Waals surface area contributed by atoms with Crippen molar-refractivity contribution in [3.63, 3.8) is 0 Å². The third kappa shape index (κ3) is 1.86. The molecule has 2 aliphatic rings. The van der Waals surface area contributed by atoms with Crippen LogP contribution in [0.3, 0.4) is 0 Å². The Morgan fingerprint density at radius 3 is 2.62 bits per heavy atom. The molecule has 0 atom stereocenters. The molecule has 0 spiro atoms. The predicted octanol–water partition coefficient (Wildman–Crippen LogP) is 1.61. The summed E-state index contributed by atoms with van der Waals surface area (Å²) in [6, 6.07) is 0. The summed E-state index contributed by atoms with van der Waals surface area (Å²) in [5.74, 6) is -0.0771. The predicted molar refractivity (Wildman–Crippen MR) is 60.5 cm³/mol. The monoisotopic (exact) mass is 223 g/mol. The molecule has 2 saturated carbocycles. The second-order valence-electron chi connectivity index (χ2n) is 5.20. The molecule has 0 aromatic carbocycles. The van der Waals surface area contributed by atoms with Gasteiger partial charge in [0.05, 0.1) is 13.0 Å². The molecule has 2 fully saturated rings. The standard InChI is InChI=1S/C11H17N3O2/c12-6-1-9(15)14-11-4-2-10(7-11,3-5-11)8-13-16/h6,12H,1-5,7-8H2,(H,14,15). The van der Waals surface area contributed by atoms with Crippen LogP contribution in [0.4, 0.5) is 0 Å². The lowest BCUT2D eigenvalue weighted by Crippen LogP contribution is -2.45. The maximum atomic E-state index is 11.5. The third-order valence-corrected chi connectivity index (χ3v) is 4.07. The summed E-state index contributed by atoms with van der Waals surface area (Å²) in [5.41, 5.74) is -0.0511. The average Bonchev–Trinajstić information content (AvgIpc) is 2.73. The van der Waals surface area contributed by atoms with Crippen LogP contribution in [0.5, 0.6) is 0 Å². The van der Waals surface area contributed by atoms with Gasteiger partial charge in [-0.05, 0) is 37.5 Å². The van der Waals surface area contributed by atoms with Gasteiger partial charge in [-0.15, -0.1) is 0 Å². The molecular formula is C11H17N3O2. The fraction of sp³-hybridized carbons (Fsp3) is 0.818. The van der Waals surface area contributed by atoms with Crippen molar-refractivity contribution in [3.05, 3.63) is 4.91 Å². The largest absolute Gasteiger partial charge is 0.350 e.